The lowest BCUT2D eigenvalue weighted by molar-refractivity contribution is 0.242. The lowest BCUT2D eigenvalue weighted by Crippen LogP contribution is -2.25. The first-order valence-electron chi connectivity index (χ1n) is 8.07. The number of fused-ring (bicyclic) bond motifs is 3. The molecule has 2 aromatic carbocycles. The van der Waals surface area contributed by atoms with Crippen molar-refractivity contribution in [3.63, 3.8) is 0 Å². The predicted octanol–water partition coefficient (Wildman–Crippen LogP) is 2.69. The molecule has 0 unspecified atom stereocenters. The van der Waals surface area contributed by atoms with Crippen LogP contribution in [0.5, 0.6) is 5.75 Å². The smallest absolute Gasteiger partial charge is 0.341 e. The Kier molecular flexibility index (Phi) is 3.46. The van der Waals surface area contributed by atoms with Gasteiger partial charge in [0.2, 0.25) is 0 Å². The summed E-state index contributed by atoms with van der Waals surface area (Å²) < 4.78 is 8.22. The van der Waals surface area contributed by atoms with Gasteiger partial charge in [0.05, 0.1) is 22.8 Å². The molecule has 4 rings (SSSR count). The molecule has 0 spiro atoms. The third-order valence-corrected chi connectivity index (χ3v) is 4.02. The van der Waals surface area contributed by atoms with E-state index in [2.05, 4.69) is 4.98 Å². The molecule has 0 bridgehead atoms. The molecule has 6 nitrogen and oxygen atoms in total. The lowest BCUT2D eigenvalue weighted by Gasteiger charge is -2.09. The Bertz CT molecular complexity index is 1130. The van der Waals surface area contributed by atoms with E-state index in [0.717, 1.165) is 5.52 Å². The molecule has 0 saturated carbocycles. The van der Waals surface area contributed by atoms with Crippen molar-refractivity contribution in [3.05, 3.63) is 75.6 Å². The van der Waals surface area contributed by atoms with Crippen LogP contribution in [0.25, 0.3) is 22.4 Å². The van der Waals surface area contributed by atoms with Crippen molar-refractivity contribution in [2.75, 3.05) is 0 Å². The van der Waals surface area contributed by atoms with E-state index in [1.807, 2.05) is 38.1 Å². The van der Waals surface area contributed by atoms with Crippen LogP contribution in [-0.2, 0) is 0 Å². The number of ether oxygens (including phenoxy) is 1. The Morgan fingerprint density at radius 2 is 1.68 bits per heavy atom. The number of rotatable bonds is 3. The quantitative estimate of drug-likeness (QED) is 0.626. The summed E-state index contributed by atoms with van der Waals surface area (Å²) in [5.74, 6) is 0.696. The molecule has 2 heterocycles. The Morgan fingerprint density at radius 3 is 2.40 bits per heavy atom. The highest BCUT2D eigenvalue weighted by atomic mass is 16.5. The number of nitrogens with zero attached hydrogens (tertiary/aromatic N) is 2. The minimum atomic E-state index is -0.386. The summed E-state index contributed by atoms with van der Waals surface area (Å²) in [5, 5.41) is 0. The van der Waals surface area contributed by atoms with E-state index >= 15 is 0 Å². The molecule has 2 aliphatic rings. The van der Waals surface area contributed by atoms with E-state index in [9.17, 15) is 9.59 Å². The zero-order chi connectivity index (χ0) is 17.6. The molecule has 0 saturated heterocycles. The van der Waals surface area contributed by atoms with Crippen molar-refractivity contribution in [1.82, 2.24) is 14.1 Å². The van der Waals surface area contributed by atoms with Crippen LogP contribution in [0.15, 0.2) is 64.3 Å². The summed E-state index contributed by atoms with van der Waals surface area (Å²) >= 11 is 0. The van der Waals surface area contributed by atoms with Gasteiger partial charge in [0, 0.05) is 6.20 Å². The summed E-state index contributed by atoms with van der Waals surface area (Å²) in [5.41, 5.74) is 1.54. The average Bonchev–Trinajstić information content (AvgIpc) is 2.86. The number of aromatic nitrogens is 3. The first-order chi connectivity index (χ1) is 12.1. The second-order valence-corrected chi connectivity index (χ2v) is 6.11. The highest BCUT2D eigenvalue weighted by Crippen LogP contribution is 2.18. The van der Waals surface area contributed by atoms with Crippen molar-refractivity contribution in [3.8, 4) is 17.1 Å². The number of hydrogen-bond donors (Lipinski definition) is 1. The van der Waals surface area contributed by atoms with Gasteiger partial charge in [0.25, 0.3) is 5.56 Å². The normalized spacial score (nSPS) is 11.5. The molecule has 25 heavy (non-hydrogen) atoms. The van der Waals surface area contributed by atoms with E-state index in [0.29, 0.717) is 22.6 Å². The molecule has 0 aromatic heterocycles. The summed E-state index contributed by atoms with van der Waals surface area (Å²) in [6.07, 6.45) is 1.63. The minimum absolute atomic E-state index is 0.0580. The van der Waals surface area contributed by atoms with Gasteiger partial charge < -0.3 is 9.72 Å². The Morgan fingerprint density at radius 1 is 0.960 bits per heavy atom. The molecule has 0 atom stereocenters. The van der Waals surface area contributed by atoms with Crippen LogP contribution in [0.3, 0.4) is 0 Å². The van der Waals surface area contributed by atoms with Gasteiger partial charge in [-0.25, -0.2) is 9.36 Å². The highest BCUT2D eigenvalue weighted by molar-refractivity contribution is 5.77. The maximum atomic E-state index is 12.9. The SMILES string of the molecule is CC(C)Oc1ccc(-n2c(=O)c3c[nH]c4ccccc4n-3c2=O)cc1. The standard InChI is InChI=1S/C19H17N3O3/c1-12(2)25-14-9-7-13(8-10-14)21-18(23)17-11-20-15-5-3-4-6-16(15)22(17)19(21)24/h3-12,20H,1-2H3. The average molecular weight is 335 g/mol. The second kappa shape index (κ2) is 5.66. The Labute approximate surface area is 143 Å². The van der Waals surface area contributed by atoms with Crippen molar-refractivity contribution in [1.29, 1.82) is 0 Å². The first kappa shape index (κ1) is 15.3. The number of aromatic amines is 1. The van der Waals surface area contributed by atoms with Gasteiger partial charge >= 0.3 is 5.69 Å². The fourth-order valence-electron chi connectivity index (χ4n) is 2.97. The molecule has 126 valence electrons. The zero-order valence-electron chi connectivity index (χ0n) is 13.9. The summed E-state index contributed by atoms with van der Waals surface area (Å²) in [4.78, 5) is 28.7. The minimum Gasteiger partial charge on any atom is -0.491 e. The van der Waals surface area contributed by atoms with Crippen molar-refractivity contribution >= 4 is 11.0 Å². The van der Waals surface area contributed by atoms with Crippen molar-refractivity contribution in [2.45, 2.75) is 20.0 Å². The largest absolute Gasteiger partial charge is 0.491 e. The van der Waals surface area contributed by atoms with Crippen LogP contribution < -0.4 is 16.0 Å². The molecular weight excluding hydrogens is 318 g/mol. The fraction of sp³-hybridized carbons (Fsp3) is 0.158. The van der Waals surface area contributed by atoms with Gasteiger partial charge in [0.15, 0.2) is 0 Å². The summed E-state index contributed by atoms with van der Waals surface area (Å²) in [6, 6.07) is 14.3. The van der Waals surface area contributed by atoms with Crippen LogP contribution >= 0.6 is 0 Å². The van der Waals surface area contributed by atoms with Crippen LogP contribution in [0.2, 0.25) is 0 Å². The van der Waals surface area contributed by atoms with E-state index in [-0.39, 0.29) is 17.4 Å². The summed E-state index contributed by atoms with van der Waals surface area (Å²) in [7, 11) is 0. The van der Waals surface area contributed by atoms with Crippen LogP contribution in [0.1, 0.15) is 13.8 Å². The molecule has 2 aliphatic heterocycles. The van der Waals surface area contributed by atoms with Crippen LogP contribution in [-0.4, -0.2) is 20.2 Å². The van der Waals surface area contributed by atoms with Gasteiger partial charge in [-0.05, 0) is 50.2 Å². The maximum Gasteiger partial charge on any atom is 0.341 e. The van der Waals surface area contributed by atoms with Gasteiger partial charge in [-0.15, -0.1) is 0 Å². The molecule has 6 heteroatoms. The zero-order valence-corrected chi connectivity index (χ0v) is 13.9. The van der Waals surface area contributed by atoms with Gasteiger partial charge in [-0.3, -0.25) is 9.36 Å². The first-order valence-corrected chi connectivity index (χ1v) is 8.07. The molecule has 2 aromatic rings. The van der Waals surface area contributed by atoms with Crippen molar-refractivity contribution < 1.29 is 4.74 Å². The monoisotopic (exact) mass is 335 g/mol. The number of para-hydroxylation sites is 2. The molecule has 0 fully saturated rings. The van der Waals surface area contributed by atoms with Crippen LogP contribution in [0.4, 0.5) is 0 Å². The number of imidazole rings is 1. The van der Waals surface area contributed by atoms with Gasteiger partial charge in [-0.1, -0.05) is 12.1 Å². The van der Waals surface area contributed by atoms with E-state index < -0.39 is 0 Å². The molecule has 0 radical (unpaired) electrons. The number of H-pyrrole nitrogens is 1. The number of nitrogens with one attached hydrogen (secondary N) is 1. The van der Waals surface area contributed by atoms with E-state index in [4.69, 9.17) is 4.74 Å². The third-order valence-electron chi connectivity index (χ3n) is 4.02. The van der Waals surface area contributed by atoms with E-state index in [1.165, 1.54) is 9.13 Å². The van der Waals surface area contributed by atoms with Crippen molar-refractivity contribution in [2.24, 2.45) is 0 Å². The molecule has 0 aliphatic carbocycles. The highest BCUT2D eigenvalue weighted by Gasteiger charge is 2.20. The maximum absolute atomic E-state index is 12.9. The topological polar surface area (TPSA) is 69.0 Å². The third kappa shape index (κ3) is 2.42. The van der Waals surface area contributed by atoms with Crippen LogP contribution in [0, 0.1) is 0 Å². The molecule has 1 N–H and O–H groups in total. The van der Waals surface area contributed by atoms with Gasteiger partial charge in [-0.2, -0.15) is 0 Å². The van der Waals surface area contributed by atoms with Gasteiger partial charge in [0.1, 0.15) is 11.4 Å². The number of hydrogen-bond acceptors (Lipinski definition) is 3. The second-order valence-electron chi connectivity index (χ2n) is 6.11. The van der Waals surface area contributed by atoms with E-state index in [1.54, 1.807) is 30.5 Å². The number of benzene rings is 2. The summed E-state index contributed by atoms with van der Waals surface area (Å²) in [6.45, 7) is 3.88. The molecule has 0 amide bonds. The Balaban J connectivity index is 1.94. The predicted molar refractivity (Wildman–Crippen MR) is 96.4 cm³/mol. The molecular formula is C19H17N3O3. The fourth-order valence-corrected chi connectivity index (χ4v) is 2.97. The Hall–Kier alpha value is -3.28. The lowest BCUT2D eigenvalue weighted by atomic mass is 10.3.